The van der Waals surface area contributed by atoms with Crippen molar-refractivity contribution in [1.82, 2.24) is 9.97 Å². The van der Waals surface area contributed by atoms with E-state index in [1.54, 1.807) is 18.2 Å². The summed E-state index contributed by atoms with van der Waals surface area (Å²) in [5, 5.41) is 0. The van der Waals surface area contributed by atoms with Gasteiger partial charge in [0.05, 0.1) is 18.9 Å². The predicted molar refractivity (Wildman–Crippen MR) is 62.9 cm³/mol. The first-order valence-corrected chi connectivity index (χ1v) is 4.96. The molecule has 0 aliphatic carbocycles. The van der Waals surface area contributed by atoms with Crippen molar-refractivity contribution < 1.29 is 9.53 Å². The van der Waals surface area contributed by atoms with E-state index in [4.69, 9.17) is 10.5 Å². The van der Waals surface area contributed by atoms with Gasteiger partial charge in [0.25, 0.3) is 0 Å². The highest BCUT2D eigenvalue weighted by atomic mass is 16.5. The molecular formula is C12H11N3O2. The summed E-state index contributed by atoms with van der Waals surface area (Å²) in [5.41, 5.74) is 6.77. The molecule has 1 aromatic carbocycles. The van der Waals surface area contributed by atoms with Crippen LogP contribution in [-0.4, -0.2) is 22.9 Å². The number of methoxy groups -OCH3 is 1. The van der Waals surface area contributed by atoms with Crippen LogP contribution in [0.4, 0.5) is 5.69 Å². The van der Waals surface area contributed by atoms with Crippen LogP contribution in [0.15, 0.2) is 36.8 Å². The summed E-state index contributed by atoms with van der Waals surface area (Å²) in [6.07, 6.45) is 4.37. The number of nitrogens with two attached hydrogens (primary N) is 1. The second kappa shape index (κ2) is 4.61. The van der Waals surface area contributed by atoms with Crippen molar-refractivity contribution >= 4 is 11.5 Å². The van der Waals surface area contributed by atoms with Crippen LogP contribution >= 0.6 is 0 Å². The number of rotatable bonds is 3. The minimum absolute atomic E-state index is 0.257. The molecule has 5 nitrogen and oxygen atoms in total. The van der Waals surface area contributed by atoms with E-state index >= 15 is 0 Å². The largest absolute Gasteiger partial charge is 0.497 e. The van der Waals surface area contributed by atoms with Crippen LogP contribution in [0.25, 0.3) is 0 Å². The third-order valence-corrected chi connectivity index (χ3v) is 2.30. The lowest BCUT2D eigenvalue weighted by atomic mass is 10.1. The Morgan fingerprint density at radius 3 is 2.82 bits per heavy atom. The molecular weight excluding hydrogens is 218 g/mol. The second-order valence-electron chi connectivity index (χ2n) is 3.37. The Bertz CT molecular complexity index is 541. The molecule has 2 N–H and O–H groups in total. The number of hydrogen-bond acceptors (Lipinski definition) is 5. The molecule has 1 aromatic heterocycles. The van der Waals surface area contributed by atoms with Crippen molar-refractivity contribution in [3.63, 3.8) is 0 Å². The number of aromatic nitrogens is 2. The summed E-state index contributed by atoms with van der Waals surface area (Å²) in [7, 11) is 1.53. The Balaban J connectivity index is 2.44. The molecule has 0 aliphatic heterocycles. The van der Waals surface area contributed by atoms with E-state index in [2.05, 4.69) is 9.97 Å². The van der Waals surface area contributed by atoms with E-state index < -0.39 is 0 Å². The molecule has 17 heavy (non-hydrogen) atoms. The predicted octanol–water partition coefficient (Wildman–Crippen LogP) is 1.30. The standard InChI is InChI=1S/C12H11N3O2/c1-17-8-2-3-10(13)9(6-8)12(16)11-7-14-4-5-15-11/h2-7H,13H2,1H3. The molecule has 2 aromatic rings. The van der Waals surface area contributed by atoms with Crippen LogP contribution in [0.2, 0.25) is 0 Å². The molecule has 0 amide bonds. The first kappa shape index (κ1) is 11.1. The van der Waals surface area contributed by atoms with Gasteiger partial charge >= 0.3 is 0 Å². The number of carbonyl (C=O) groups excluding carboxylic acids is 1. The van der Waals surface area contributed by atoms with Gasteiger partial charge in [-0.2, -0.15) is 0 Å². The van der Waals surface area contributed by atoms with Crippen molar-refractivity contribution in [3.8, 4) is 5.75 Å². The zero-order valence-electron chi connectivity index (χ0n) is 9.25. The Hall–Kier alpha value is -2.43. The first-order chi connectivity index (χ1) is 8.22. The highest BCUT2D eigenvalue weighted by Gasteiger charge is 2.14. The highest BCUT2D eigenvalue weighted by molar-refractivity contribution is 6.11. The normalized spacial score (nSPS) is 9.94. The Morgan fingerprint density at radius 2 is 2.18 bits per heavy atom. The molecule has 0 spiro atoms. The van der Waals surface area contributed by atoms with E-state index in [0.29, 0.717) is 17.0 Å². The van der Waals surface area contributed by atoms with Crippen LogP contribution in [0.5, 0.6) is 5.75 Å². The van der Waals surface area contributed by atoms with Gasteiger partial charge in [0.15, 0.2) is 0 Å². The van der Waals surface area contributed by atoms with Crippen LogP contribution in [0.3, 0.4) is 0 Å². The molecule has 0 bridgehead atoms. The topological polar surface area (TPSA) is 78.1 Å². The third kappa shape index (κ3) is 2.23. The number of carbonyl (C=O) groups is 1. The van der Waals surface area contributed by atoms with E-state index in [9.17, 15) is 4.79 Å². The number of nitrogens with zero attached hydrogens (tertiary/aromatic N) is 2. The maximum atomic E-state index is 12.1. The molecule has 86 valence electrons. The summed E-state index contributed by atoms with van der Waals surface area (Å²) in [6, 6.07) is 4.91. The molecule has 1 heterocycles. The van der Waals surface area contributed by atoms with Crippen molar-refractivity contribution in [1.29, 1.82) is 0 Å². The Morgan fingerprint density at radius 1 is 1.35 bits per heavy atom. The van der Waals surface area contributed by atoms with E-state index in [1.807, 2.05) is 0 Å². The number of hydrogen-bond donors (Lipinski definition) is 1. The van der Waals surface area contributed by atoms with Gasteiger partial charge in [-0.3, -0.25) is 9.78 Å². The van der Waals surface area contributed by atoms with Gasteiger partial charge in [-0.05, 0) is 18.2 Å². The maximum absolute atomic E-state index is 12.1. The average molecular weight is 229 g/mol. The van der Waals surface area contributed by atoms with Gasteiger partial charge in [0.1, 0.15) is 11.4 Å². The summed E-state index contributed by atoms with van der Waals surface area (Å²) < 4.78 is 5.05. The molecule has 0 radical (unpaired) electrons. The van der Waals surface area contributed by atoms with Crippen molar-refractivity contribution in [2.45, 2.75) is 0 Å². The van der Waals surface area contributed by atoms with E-state index in [-0.39, 0.29) is 11.5 Å². The fraction of sp³-hybridized carbons (Fsp3) is 0.0833. The van der Waals surface area contributed by atoms with Gasteiger partial charge in [0.2, 0.25) is 5.78 Å². The Labute approximate surface area is 98.3 Å². The number of benzene rings is 1. The van der Waals surface area contributed by atoms with Gasteiger partial charge in [-0.1, -0.05) is 0 Å². The quantitative estimate of drug-likeness (QED) is 0.634. The molecule has 0 saturated heterocycles. The lowest BCUT2D eigenvalue weighted by molar-refractivity contribution is 0.103. The molecule has 0 unspecified atom stereocenters. The van der Waals surface area contributed by atoms with Crippen molar-refractivity contribution in [3.05, 3.63) is 48.0 Å². The number of ether oxygens (including phenoxy) is 1. The monoisotopic (exact) mass is 229 g/mol. The van der Waals surface area contributed by atoms with Crippen molar-refractivity contribution in [2.75, 3.05) is 12.8 Å². The zero-order valence-corrected chi connectivity index (χ0v) is 9.25. The third-order valence-electron chi connectivity index (χ3n) is 2.30. The van der Waals surface area contributed by atoms with E-state index in [0.717, 1.165) is 0 Å². The SMILES string of the molecule is COc1ccc(N)c(C(=O)c2cnccn2)c1. The highest BCUT2D eigenvalue weighted by Crippen LogP contribution is 2.21. The number of nitrogen functional groups attached to an aromatic ring is 1. The smallest absolute Gasteiger partial charge is 0.215 e. The molecule has 0 aliphatic rings. The average Bonchev–Trinajstić information content (AvgIpc) is 2.39. The molecule has 5 heteroatoms. The maximum Gasteiger partial charge on any atom is 0.215 e. The van der Waals surface area contributed by atoms with Gasteiger partial charge in [0, 0.05) is 18.1 Å². The molecule has 2 rings (SSSR count). The lowest BCUT2D eigenvalue weighted by Crippen LogP contribution is -2.07. The summed E-state index contributed by atoms with van der Waals surface area (Å²) >= 11 is 0. The lowest BCUT2D eigenvalue weighted by Gasteiger charge is -2.06. The fourth-order valence-electron chi connectivity index (χ4n) is 1.41. The fourth-order valence-corrected chi connectivity index (χ4v) is 1.41. The molecule has 0 saturated carbocycles. The van der Waals surface area contributed by atoms with Gasteiger partial charge in [-0.25, -0.2) is 4.98 Å². The van der Waals surface area contributed by atoms with E-state index in [1.165, 1.54) is 25.7 Å². The number of anilines is 1. The Kier molecular flexibility index (Phi) is 3.00. The van der Waals surface area contributed by atoms with Crippen LogP contribution in [0.1, 0.15) is 16.1 Å². The summed E-state index contributed by atoms with van der Waals surface area (Å²) in [4.78, 5) is 19.9. The minimum atomic E-state index is -0.269. The minimum Gasteiger partial charge on any atom is -0.497 e. The second-order valence-corrected chi connectivity index (χ2v) is 3.37. The van der Waals surface area contributed by atoms with Gasteiger partial charge < -0.3 is 10.5 Å². The molecule has 0 atom stereocenters. The van der Waals surface area contributed by atoms with Crippen LogP contribution < -0.4 is 10.5 Å². The summed E-state index contributed by atoms with van der Waals surface area (Å²) in [6.45, 7) is 0. The van der Waals surface area contributed by atoms with Crippen molar-refractivity contribution in [2.24, 2.45) is 0 Å². The van der Waals surface area contributed by atoms with Crippen LogP contribution in [0, 0.1) is 0 Å². The van der Waals surface area contributed by atoms with Gasteiger partial charge in [-0.15, -0.1) is 0 Å². The van der Waals surface area contributed by atoms with Crippen LogP contribution in [-0.2, 0) is 0 Å². The number of ketones is 1. The first-order valence-electron chi connectivity index (χ1n) is 4.96. The molecule has 0 fully saturated rings. The summed E-state index contributed by atoms with van der Waals surface area (Å²) in [5.74, 6) is 0.306. The zero-order chi connectivity index (χ0) is 12.3.